The molecule has 3 unspecified atom stereocenters. The number of nitrogens with zero attached hydrogens (tertiary/aromatic N) is 3. The van der Waals surface area contributed by atoms with Crippen molar-refractivity contribution in [3.63, 3.8) is 0 Å². The number of hydrogen-bond acceptors (Lipinski definition) is 7. The third-order valence-corrected chi connectivity index (χ3v) is 5.15. The lowest BCUT2D eigenvalue weighted by Crippen LogP contribution is -2.57. The Morgan fingerprint density at radius 3 is 2.70 bits per heavy atom. The number of carbonyl (C=O) groups is 2. The number of carbonyl (C=O) groups excluding carboxylic acids is 2. The molecule has 0 aliphatic carbocycles. The lowest BCUT2D eigenvalue weighted by Gasteiger charge is -2.35. The first-order chi connectivity index (χ1) is 12.5. The van der Waals surface area contributed by atoms with Gasteiger partial charge in [0.1, 0.15) is 12.1 Å². The number of likely N-dealkylation sites (tertiary alicyclic amines) is 1. The number of halogens is 2. The zero-order chi connectivity index (χ0) is 20.0. The molecule has 3 aliphatic rings. The molecule has 3 aliphatic heterocycles. The molecular formula is C13H20F2N4O7S. The van der Waals surface area contributed by atoms with E-state index in [-0.39, 0.29) is 11.2 Å². The smallest absolute Gasteiger partial charge is 0.308 e. The Hall–Kier alpha value is -1.61. The lowest BCUT2D eigenvalue weighted by atomic mass is 9.96. The summed E-state index contributed by atoms with van der Waals surface area (Å²) in [4.78, 5) is 32.6. The van der Waals surface area contributed by atoms with Gasteiger partial charge >= 0.3 is 16.4 Å². The van der Waals surface area contributed by atoms with Crippen molar-refractivity contribution in [2.75, 3.05) is 26.7 Å². The van der Waals surface area contributed by atoms with Gasteiger partial charge in [-0.25, -0.2) is 19.1 Å². The van der Waals surface area contributed by atoms with Crippen LogP contribution >= 0.6 is 0 Å². The molecule has 3 atom stereocenters. The normalized spacial score (nSPS) is 31.3. The standard InChI is InChI=1S/C13H20F2N4O7S/c1-17-4-2-3-8(6-17)25-16-11(20)9-5-13(14,15)10-7-18(9)12(21)19(10)26-27(22,23)24/h8-10H,2-7H2,1H3,(H,16,20)(H,22,23,24). The molecule has 14 heteroatoms. The number of alkyl halides is 2. The Morgan fingerprint density at radius 2 is 2.07 bits per heavy atom. The van der Waals surface area contributed by atoms with Crippen LogP contribution in [0.15, 0.2) is 0 Å². The summed E-state index contributed by atoms with van der Waals surface area (Å²) in [5.41, 5.74) is 2.13. The van der Waals surface area contributed by atoms with Gasteiger partial charge in [0.05, 0.1) is 12.6 Å². The van der Waals surface area contributed by atoms with Gasteiger partial charge in [-0.3, -0.25) is 14.2 Å². The van der Waals surface area contributed by atoms with Crippen molar-refractivity contribution < 1.29 is 40.5 Å². The number of urea groups is 1. The van der Waals surface area contributed by atoms with Gasteiger partial charge in [-0.2, -0.15) is 13.5 Å². The summed E-state index contributed by atoms with van der Waals surface area (Å²) in [5.74, 6) is -4.55. The Kier molecular flexibility index (Phi) is 5.28. The predicted molar refractivity (Wildman–Crippen MR) is 83.5 cm³/mol. The SMILES string of the molecule is CN1CCCC(ONC(=O)C2CC(F)(F)C3CN2C(=O)N3OS(=O)(=O)O)C1. The molecule has 0 saturated carbocycles. The molecule has 3 rings (SSSR count). The first-order valence-electron chi connectivity index (χ1n) is 8.26. The number of nitrogens with one attached hydrogen (secondary N) is 1. The molecule has 3 amide bonds. The predicted octanol–water partition coefficient (Wildman–Crippen LogP) is -0.623. The molecule has 3 fully saturated rings. The van der Waals surface area contributed by atoms with Gasteiger partial charge in [0.15, 0.2) is 0 Å². The van der Waals surface area contributed by atoms with Crippen molar-refractivity contribution in [2.24, 2.45) is 0 Å². The van der Waals surface area contributed by atoms with Gasteiger partial charge in [0.25, 0.3) is 11.8 Å². The number of likely N-dealkylation sites (N-methyl/N-ethyl adjacent to an activating group) is 1. The van der Waals surface area contributed by atoms with Crippen LogP contribution in [0.3, 0.4) is 0 Å². The van der Waals surface area contributed by atoms with E-state index in [1.54, 1.807) is 0 Å². The summed E-state index contributed by atoms with van der Waals surface area (Å²) < 4.78 is 63.0. The topological polar surface area (TPSA) is 129 Å². The van der Waals surface area contributed by atoms with E-state index < -0.39 is 53.3 Å². The highest BCUT2D eigenvalue weighted by Crippen LogP contribution is 2.41. The van der Waals surface area contributed by atoms with Crippen LogP contribution in [0.25, 0.3) is 0 Å². The maximum Gasteiger partial charge on any atom is 0.418 e. The van der Waals surface area contributed by atoms with Crippen molar-refractivity contribution >= 4 is 22.3 Å². The molecular weight excluding hydrogens is 394 g/mol. The Labute approximate surface area is 154 Å². The Balaban J connectivity index is 1.68. The fourth-order valence-electron chi connectivity index (χ4n) is 3.51. The molecule has 0 aromatic rings. The largest absolute Gasteiger partial charge is 0.418 e. The highest BCUT2D eigenvalue weighted by molar-refractivity contribution is 7.80. The highest BCUT2D eigenvalue weighted by atomic mass is 32.3. The Bertz CT molecular complexity index is 721. The average Bonchev–Trinajstić information content (AvgIpc) is 2.83. The van der Waals surface area contributed by atoms with Gasteiger partial charge in [0, 0.05) is 13.0 Å². The number of amides is 3. The summed E-state index contributed by atoms with van der Waals surface area (Å²) in [6.07, 6.45) is 0.200. The number of rotatable bonds is 5. The van der Waals surface area contributed by atoms with Gasteiger partial charge in [-0.05, 0) is 26.4 Å². The summed E-state index contributed by atoms with van der Waals surface area (Å²) in [6, 6.07) is -4.77. The van der Waals surface area contributed by atoms with Crippen molar-refractivity contribution in [2.45, 2.75) is 43.4 Å². The molecule has 2 bridgehead atoms. The molecule has 3 heterocycles. The maximum atomic E-state index is 14.3. The second kappa shape index (κ2) is 7.09. The lowest BCUT2D eigenvalue weighted by molar-refractivity contribution is -0.162. The molecule has 27 heavy (non-hydrogen) atoms. The van der Waals surface area contributed by atoms with Gasteiger partial charge in [-0.15, -0.1) is 4.28 Å². The number of piperidine rings is 2. The second-order valence-corrected chi connectivity index (χ2v) is 7.87. The fraction of sp³-hybridized carbons (Fsp3) is 0.846. The minimum Gasteiger partial charge on any atom is -0.308 e. The van der Waals surface area contributed by atoms with Crippen LogP contribution < -0.4 is 5.48 Å². The van der Waals surface area contributed by atoms with Crippen LogP contribution in [0.2, 0.25) is 0 Å². The molecule has 0 aromatic heterocycles. The summed E-state index contributed by atoms with van der Waals surface area (Å²) in [5, 5.41) is -0.112. The highest BCUT2D eigenvalue weighted by Gasteiger charge is 2.62. The van der Waals surface area contributed by atoms with Crippen molar-refractivity contribution in [1.82, 2.24) is 20.3 Å². The summed E-state index contributed by atoms with van der Waals surface area (Å²) in [6.45, 7) is 0.809. The van der Waals surface area contributed by atoms with E-state index in [0.29, 0.717) is 13.0 Å². The summed E-state index contributed by atoms with van der Waals surface area (Å²) in [7, 11) is -3.30. The van der Waals surface area contributed by atoms with Crippen molar-refractivity contribution in [3.05, 3.63) is 0 Å². The van der Waals surface area contributed by atoms with E-state index >= 15 is 0 Å². The van der Waals surface area contributed by atoms with Crippen molar-refractivity contribution in [1.29, 1.82) is 0 Å². The molecule has 0 radical (unpaired) electrons. The third kappa shape index (κ3) is 4.29. The summed E-state index contributed by atoms with van der Waals surface area (Å²) >= 11 is 0. The average molecular weight is 414 g/mol. The first kappa shape index (κ1) is 20.1. The minimum absolute atomic E-state index is 0.112. The second-order valence-electron chi connectivity index (χ2n) is 6.87. The van der Waals surface area contributed by atoms with Crippen LogP contribution in [0, 0.1) is 0 Å². The van der Waals surface area contributed by atoms with E-state index in [0.717, 1.165) is 17.9 Å². The molecule has 0 spiro atoms. The zero-order valence-electron chi connectivity index (χ0n) is 14.4. The third-order valence-electron chi connectivity index (χ3n) is 4.80. The van der Waals surface area contributed by atoms with E-state index in [4.69, 9.17) is 9.39 Å². The van der Waals surface area contributed by atoms with Gasteiger partial charge < -0.3 is 9.80 Å². The van der Waals surface area contributed by atoms with Crippen LogP contribution in [-0.4, -0.2) is 90.6 Å². The zero-order valence-corrected chi connectivity index (χ0v) is 15.2. The number of hydrogen-bond donors (Lipinski definition) is 2. The van der Waals surface area contributed by atoms with E-state index in [1.165, 1.54) is 0 Å². The molecule has 2 N–H and O–H groups in total. The number of hydroxylamine groups is 3. The van der Waals surface area contributed by atoms with E-state index in [1.807, 2.05) is 11.9 Å². The van der Waals surface area contributed by atoms with Crippen LogP contribution in [0.4, 0.5) is 13.6 Å². The van der Waals surface area contributed by atoms with Gasteiger partial charge in [0.2, 0.25) is 0 Å². The molecule has 0 aromatic carbocycles. The molecule has 154 valence electrons. The Morgan fingerprint density at radius 1 is 1.37 bits per heavy atom. The van der Waals surface area contributed by atoms with Gasteiger partial charge in [-0.1, -0.05) is 0 Å². The van der Waals surface area contributed by atoms with Crippen LogP contribution in [0.1, 0.15) is 19.3 Å². The van der Waals surface area contributed by atoms with E-state index in [2.05, 4.69) is 9.76 Å². The van der Waals surface area contributed by atoms with Crippen molar-refractivity contribution in [3.8, 4) is 0 Å². The van der Waals surface area contributed by atoms with E-state index in [9.17, 15) is 26.8 Å². The monoisotopic (exact) mass is 414 g/mol. The quantitative estimate of drug-likeness (QED) is 0.450. The number of fused-ring (bicyclic) bond motifs is 2. The minimum atomic E-state index is -5.18. The maximum absolute atomic E-state index is 14.3. The molecule has 3 saturated heterocycles. The first-order valence-corrected chi connectivity index (χ1v) is 9.63. The van der Waals surface area contributed by atoms with Crippen LogP contribution in [-0.2, 0) is 24.3 Å². The molecule has 11 nitrogen and oxygen atoms in total. The van der Waals surface area contributed by atoms with Crippen LogP contribution in [0.5, 0.6) is 0 Å². The fourth-order valence-corrected chi connectivity index (χ4v) is 3.88.